The number of aromatic nitrogens is 1. The molecule has 116 valence electrons. The molecular formula is C16H26N4O. The third-order valence-electron chi connectivity index (χ3n) is 4.06. The highest BCUT2D eigenvalue weighted by atomic mass is 16.1. The van der Waals surface area contributed by atoms with Gasteiger partial charge in [0.1, 0.15) is 5.82 Å². The number of likely N-dealkylation sites (tertiary alicyclic amines) is 1. The molecule has 0 saturated carbocycles. The van der Waals surface area contributed by atoms with Gasteiger partial charge >= 0.3 is 0 Å². The molecule has 0 unspecified atom stereocenters. The predicted molar refractivity (Wildman–Crippen MR) is 85.2 cm³/mol. The van der Waals surface area contributed by atoms with E-state index < -0.39 is 0 Å². The molecule has 0 aromatic carbocycles. The molecule has 1 aliphatic rings. The summed E-state index contributed by atoms with van der Waals surface area (Å²) in [5, 5.41) is 3.04. The van der Waals surface area contributed by atoms with Crippen molar-refractivity contribution in [2.24, 2.45) is 5.92 Å². The summed E-state index contributed by atoms with van der Waals surface area (Å²) in [5.41, 5.74) is 7.30. The standard InChI is InChI=1S/C16H26N4O/c1-3-4-14-9-13(10-15(17)19-14)16(21)18-11-12-5-7-20(2)8-6-12/h9-10,12H,3-8,11H2,1-2H3,(H2,17,19)(H,18,21). The van der Waals surface area contributed by atoms with Crippen LogP contribution in [0, 0.1) is 5.92 Å². The van der Waals surface area contributed by atoms with Crippen molar-refractivity contribution < 1.29 is 4.79 Å². The third-order valence-corrected chi connectivity index (χ3v) is 4.06. The molecule has 2 rings (SSSR count). The summed E-state index contributed by atoms with van der Waals surface area (Å²) in [5.74, 6) is 0.963. The van der Waals surface area contributed by atoms with Gasteiger partial charge in [-0.25, -0.2) is 4.98 Å². The number of nitrogen functional groups attached to an aromatic ring is 1. The molecule has 0 radical (unpaired) electrons. The Morgan fingerprint density at radius 3 is 2.81 bits per heavy atom. The number of rotatable bonds is 5. The van der Waals surface area contributed by atoms with Crippen molar-refractivity contribution in [1.29, 1.82) is 0 Å². The Bertz CT molecular complexity index is 481. The Hall–Kier alpha value is -1.62. The van der Waals surface area contributed by atoms with E-state index in [0.717, 1.165) is 51.0 Å². The van der Waals surface area contributed by atoms with Crippen LogP contribution in [0.2, 0.25) is 0 Å². The Morgan fingerprint density at radius 2 is 2.14 bits per heavy atom. The van der Waals surface area contributed by atoms with E-state index in [9.17, 15) is 4.79 Å². The van der Waals surface area contributed by atoms with Crippen molar-refractivity contribution in [3.05, 3.63) is 23.4 Å². The number of carbonyl (C=O) groups is 1. The number of nitrogens with two attached hydrogens (primary N) is 1. The maximum absolute atomic E-state index is 12.3. The fourth-order valence-corrected chi connectivity index (χ4v) is 2.73. The SMILES string of the molecule is CCCc1cc(C(=O)NCC2CCN(C)CC2)cc(N)n1. The topological polar surface area (TPSA) is 71.2 Å². The Labute approximate surface area is 126 Å². The lowest BCUT2D eigenvalue weighted by Crippen LogP contribution is -2.36. The molecule has 1 aromatic rings. The van der Waals surface area contributed by atoms with Crippen LogP contribution < -0.4 is 11.1 Å². The molecule has 0 bridgehead atoms. The van der Waals surface area contributed by atoms with Crippen LogP contribution in [0.1, 0.15) is 42.2 Å². The van der Waals surface area contributed by atoms with Gasteiger partial charge in [-0.2, -0.15) is 0 Å². The van der Waals surface area contributed by atoms with Crippen molar-refractivity contribution in [3.8, 4) is 0 Å². The average molecular weight is 290 g/mol. The summed E-state index contributed by atoms with van der Waals surface area (Å²) < 4.78 is 0. The number of hydrogen-bond acceptors (Lipinski definition) is 4. The summed E-state index contributed by atoms with van der Waals surface area (Å²) in [6.45, 7) is 5.06. The molecule has 5 heteroatoms. The van der Waals surface area contributed by atoms with Gasteiger partial charge in [0.05, 0.1) is 0 Å². The molecule has 3 N–H and O–H groups in total. The lowest BCUT2D eigenvalue weighted by Gasteiger charge is -2.28. The van der Waals surface area contributed by atoms with Crippen molar-refractivity contribution >= 4 is 11.7 Å². The molecule has 21 heavy (non-hydrogen) atoms. The smallest absolute Gasteiger partial charge is 0.251 e. The van der Waals surface area contributed by atoms with Crippen LogP contribution in [0.4, 0.5) is 5.82 Å². The molecule has 0 aliphatic carbocycles. The van der Waals surface area contributed by atoms with Gasteiger partial charge in [-0.3, -0.25) is 4.79 Å². The first-order chi connectivity index (χ1) is 10.1. The molecule has 5 nitrogen and oxygen atoms in total. The van der Waals surface area contributed by atoms with E-state index in [1.54, 1.807) is 6.07 Å². The fourth-order valence-electron chi connectivity index (χ4n) is 2.73. The minimum Gasteiger partial charge on any atom is -0.384 e. The second-order valence-corrected chi connectivity index (χ2v) is 5.98. The van der Waals surface area contributed by atoms with Crippen LogP contribution in [-0.2, 0) is 6.42 Å². The van der Waals surface area contributed by atoms with Gasteiger partial charge in [-0.05, 0) is 57.5 Å². The number of anilines is 1. The minimum absolute atomic E-state index is 0.0413. The Morgan fingerprint density at radius 1 is 1.43 bits per heavy atom. The molecule has 1 amide bonds. The van der Waals surface area contributed by atoms with Gasteiger partial charge in [0, 0.05) is 17.8 Å². The zero-order valence-electron chi connectivity index (χ0n) is 13.1. The quantitative estimate of drug-likeness (QED) is 0.865. The van der Waals surface area contributed by atoms with Crippen LogP contribution >= 0.6 is 0 Å². The monoisotopic (exact) mass is 290 g/mol. The molecule has 0 spiro atoms. The zero-order valence-corrected chi connectivity index (χ0v) is 13.1. The molecule has 1 fully saturated rings. The van der Waals surface area contributed by atoms with E-state index in [1.165, 1.54) is 0 Å². The van der Waals surface area contributed by atoms with Gasteiger partial charge in [-0.1, -0.05) is 13.3 Å². The normalized spacial score (nSPS) is 16.9. The summed E-state index contributed by atoms with van der Waals surface area (Å²) in [6.07, 6.45) is 4.14. The summed E-state index contributed by atoms with van der Waals surface area (Å²) in [6, 6.07) is 3.51. The number of nitrogens with zero attached hydrogens (tertiary/aromatic N) is 2. The largest absolute Gasteiger partial charge is 0.384 e. The van der Waals surface area contributed by atoms with E-state index in [-0.39, 0.29) is 5.91 Å². The molecule has 1 saturated heterocycles. The first-order valence-corrected chi connectivity index (χ1v) is 7.81. The van der Waals surface area contributed by atoms with Crippen molar-refractivity contribution in [2.45, 2.75) is 32.6 Å². The average Bonchev–Trinajstić information content (AvgIpc) is 2.46. The van der Waals surface area contributed by atoms with Gasteiger partial charge in [0.2, 0.25) is 0 Å². The van der Waals surface area contributed by atoms with Crippen LogP contribution in [0.5, 0.6) is 0 Å². The lowest BCUT2D eigenvalue weighted by atomic mass is 9.97. The van der Waals surface area contributed by atoms with E-state index in [0.29, 0.717) is 17.3 Å². The van der Waals surface area contributed by atoms with Crippen LogP contribution in [-0.4, -0.2) is 42.5 Å². The predicted octanol–water partition coefficient (Wildman–Crippen LogP) is 1.69. The molecule has 0 atom stereocenters. The van der Waals surface area contributed by atoms with Crippen molar-refractivity contribution in [2.75, 3.05) is 32.4 Å². The summed E-state index contributed by atoms with van der Waals surface area (Å²) in [4.78, 5) is 18.8. The number of amides is 1. The number of aryl methyl sites for hydroxylation is 1. The van der Waals surface area contributed by atoms with Gasteiger partial charge in [0.25, 0.3) is 5.91 Å². The Balaban J connectivity index is 1.90. The highest BCUT2D eigenvalue weighted by Crippen LogP contribution is 2.15. The van der Waals surface area contributed by atoms with Gasteiger partial charge in [-0.15, -0.1) is 0 Å². The lowest BCUT2D eigenvalue weighted by molar-refractivity contribution is 0.0939. The van der Waals surface area contributed by atoms with E-state index in [2.05, 4.69) is 29.2 Å². The Kier molecular flexibility index (Phi) is 5.56. The van der Waals surface area contributed by atoms with Crippen molar-refractivity contribution in [3.63, 3.8) is 0 Å². The first-order valence-electron chi connectivity index (χ1n) is 7.81. The highest BCUT2D eigenvalue weighted by molar-refractivity contribution is 5.94. The highest BCUT2D eigenvalue weighted by Gasteiger charge is 2.17. The number of nitrogens with one attached hydrogen (secondary N) is 1. The molecule has 2 heterocycles. The maximum atomic E-state index is 12.3. The maximum Gasteiger partial charge on any atom is 0.251 e. The number of piperidine rings is 1. The van der Waals surface area contributed by atoms with Crippen molar-refractivity contribution in [1.82, 2.24) is 15.2 Å². The van der Waals surface area contributed by atoms with Gasteiger partial charge in [0.15, 0.2) is 0 Å². The molecule has 1 aromatic heterocycles. The second kappa shape index (κ2) is 7.41. The summed E-state index contributed by atoms with van der Waals surface area (Å²) >= 11 is 0. The van der Waals surface area contributed by atoms with E-state index in [1.807, 2.05) is 6.07 Å². The van der Waals surface area contributed by atoms with Crippen LogP contribution in [0.3, 0.4) is 0 Å². The summed E-state index contributed by atoms with van der Waals surface area (Å²) in [7, 11) is 2.14. The fraction of sp³-hybridized carbons (Fsp3) is 0.625. The molecule has 1 aliphatic heterocycles. The van der Waals surface area contributed by atoms with Crippen LogP contribution in [0.25, 0.3) is 0 Å². The van der Waals surface area contributed by atoms with E-state index >= 15 is 0 Å². The minimum atomic E-state index is -0.0413. The number of pyridine rings is 1. The second-order valence-electron chi connectivity index (χ2n) is 5.98. The zero-order chi connectivity index (χ0) is 15.2. The number of hydrogen-bond donors (Lipinski definition) is 2. The molecular weight excluding hydrogens is 264 g/mol. The van der Waals surface area contributed by atoms with E-state index in [4.69, 9.17) is 5.73 Å². The van der Waals surface area contributed by atoms with Gasteiger partial charge < -0.3 is 16.0 Å². The third kappa shape index (κ3) is 4.70. The van der Waals surface area contributed by atoms with Crippen LogP contribution in [0.15, 0.2) is 12.1 Å². The first kappa shape index (κ1) is 15.8. The number of carbonyl (C=O) groups excluding carboxylic acids is 1.